The van der Waals surface area contributed by atoms with Crippen molar-refractivity contribution in [3.63, 3.8) is 0 Å². The number of rotatable bonds is 3. The molecule has 0 bridgehead atoms. The number of hydrazone groups is 1. The number of carbonyl (C=O) groups excluding carboxylic acids is 1. The Morgan fingerprint density at radius 3 is 2.76 bits per heavy atom. The number of amides is 2. The van der Waals surface area contributed by atoms with Gasteiger partial charge in [-0.1, -0.05) is 24.0 Å². The zero-order chi connectivity index (χ0) is 12.5. The number of primary amides is 1. The quantitative estimate of drug-likeness (QED) is 0.400. The van der Waals surface area contributed by atoms with Gasteiger partial charge in [0.15, 0.2) is 0 Å². The monoisotopic (exact) mass is 231 g/mol. The first-order chi connectivity index (χ1) is 8.22. The van der Waals surface area contributed by atoms with Crippen molar-refractivity contribution in [1.29, 1.82) is 0 Å². The molecule has 17 heavy (non-hydrogen) atoms. The number of nitrogens with zero attached hydrogens (tertiary/aromatic N) is 1. The predicted octanol–water partition coefficient (Wildman–Crippen LogP) is 0.423. The zero-order valence-electron chi connectivity index (χ0n) is 9.18. The third-order valence-corrected chi connectivity index (χ3v) is 1.77. The molecule has 0 unspecified atom stereocenters. The third kappa shape index (κ3) is 5.35. The molecule has 1 aromatic rings. The maximum atomic E-state index is 10.3. The molecule has 4 N–H and O–H groups in total. The third-order valence-electron chi connectivity index (χ3n) is 1.77. The molecule has 88 valence electrons. The lowest BCUT2D eigenvalue weighted by molar-refractivity contribution is 0.249. The van der Waals surface area contributed by atoms with Crippen molar-refractivity contribution in [3.05, 3.63) is 35.4 Å². The van der Waals surface area contributed by atoms with Crippen LogP contribution < -0.4 is 11.2 Å². The first kappa shape index (κ1) is 12.7. The van der Waals surface area contributed by atoms with Crippen molar-refractivity contribution in [3.8, 4) is 11.8 Å². The number of hydrogen-bond donors (Lipinski definition) is 3. The Kier molecular flexibility index (Phi) is 5.28. The summed E-state index contributed by atoms with van der Waals surface area (Å²) in [5, 5.41) is 12.2. The van der Waals surface area contributed by atoms with Crippen LogP contribution >= 0.6 is 0 Å². The van der Waals surface area contributed by atoms with Gasteiger partial charge in [-0.3, -0.25) is 0 Å². The van der Waals surface area contributed by atoms with Crippen molar-refractivity contribution in [2.24, 2.45) is 10.8 Å². The van der Waals surface area contributed by atoms with Gasteiger partial charge in [-0.15, -0.1) is 0 Å². The number of benzene rings is 1. The van der Waals surface area contributed by atoms with Crippen molar-refractivity contribution < 1.29 is 9.90 Å². The number of nitrogens with two attached hydrogens (primary N) is 1. The molecule has 0 aliphatic heterocycles. The fourth-order valence-corrected chi connectivity index (χ4v) is 1.04. The maximum absolute atomic E-state index is 10.3. The van der Waals surface area contributed by atoms with Gasteiger partial charge in [-0.2, -0.15) is 5.10 Å². The van der Waals surface area contributed by atoms with Crippen LogP contribution in [0, 0.1) is 11.8 Å². The average Bonchev–Trinajstić information content (AvgIpc) is 2.31. The summed E-state index contributed by atoms with van der Waals surface area (Å²) in [6.07, 6.45) is 1.95. The largest absolute Gasteiger partial charge is 0.395 e. The number of hydrogen-bond acceptors (Lipinski definition) is 3. The SMILES string of the molecule is NC(=O)NN=Cc1ccc(C#CCCO)cc1. The van der Waals surface area contributed by atoms with Crippen LogP contribution in [0.1, 0.15) is 17.5 Å². The van der Waals surface area contributed by atoms with Crippen LogP contribution in [-0.2, 0) is 0 Å². The Labute approximate surface area is 99.3 Å². The minimum Gasteiger partial charge on any atom is -0.395 e. The summed E-state index contributed by atoms with van der Waals surface area (Å²) in [6, 6.07) is 6.59. The Balaban J connectivity index is 2.59. The van der Waals surface area contributed by atoms with Crippen LogP contribution in [0.15, 0.2) is 29.4 Å². The molecular formula is C12H13N3O2. The highest BCUT2D eigenvalue weighted by molar-refractivity contribution is 5.81. The van der Waals surface area contributed by atoms with Gasteiger partial charge >= 0.3 is 6.03 Å². The van der Waals surface area contributed by atoms with E-state index >= 15 is 0 Å². The Morgan fingerprint density at radius 1 is 1.47 bits per heavy atom. The van der Waals surface area contributed by atoms with E-state index in [1.54, 1.807) is 0 Å². The van der Waals surface area contributed by atoms with Crippen molar-refractivity contribution in [2.75, 3.05) is 6.61 Å². The number of aliphatic hydroxyl groups excluding tert-OH is 1. The molecule has 0 atom stereocenters. The second-order valence-electron chi connectivity index (χ2n) is 3.13. The minimum atomic E-state index is -0.701. The summed E-state index contributed by atoms with van der Waals surface area (Å²) in [4.78, 5) is 10.3. The topological polar surface area (TPSA) is 87.7 Å². The van der Waals surface area contributed by atoms with E-state index in [0.717, 1.165) is 11.1 Å². The number of urea groups is 1. The Morgan fingerprint density at radius 2 is 2.18 bits per heavy atom. The second kappa shape index (κ2) is 7.04. The summed E-state index contributed by atoms with van der Waals surface area (Å²) in [6.45, 7) is 0.0660. The summed E-state index contributed by atoms with van der Waals surface area (Å²) in [5.41, 5.74) is 8.63. The Hall–Kier alpha value is -2.32. The van der Waals surface area contributed by atoms with Crippen LogP contribution in [0.4, 0.5) is 4.79 Å². The summed E-state index contributed by atoms with van der Waals surface area (Å²) in [7, 11) is 0. The van der Waals surface area contributed by atoms with Crippen molar-refractivity contribution in [2.45, 2.75) is 6.42 Å². The smallest absolute Gasteiger partial charge is 0.332 e. The fourth-order valence-electron chi connectivity index (χ4n) is 1.04. The second-order valence-corrected chi connectivity index (χ2v) is 3.13. The van der Waals surface area contributed by atoms with E-state index in [4.69, 9.17) is 10.8 Å². The summed E-state index contributed by atoms with van der Waals surface area (Å²) >= 11 is 0. The molecule has 0 radical (unpaired) electrons. The maximum Gasteiger partial charge on any atom is 0.332 e. The summed E-state index contributed by atoms with van der Waals surface area (Å²) < 4.78 is 0. The summed E-state index contributed by atoms with van der Waals surface area (Å²) in [5.74, 6) is 5.72. The predicted molar refractivity (Wildman–Crippen MR) is 65.3 cm³/mol. The molecule has 5 heteroatoms. The van der Waals surface area contributed by atoms with Gasteiger partial charge in [-0.25, -0.2) is 10.2 Å². The molecular weight excluding hydrogens is 218 g/mol. The van der Waals surface area contributed by atoms with Gasteiger partial charge in [-0.05, 0) is 17.7 Å². The zero-order valence-corrected chi connectivity index (χ0v) is 9.18. The lowest BCUT2D eigenvalue weighted by Gasteiger charge is -1.94. The highest BCUT2D eigenvalue weighted by Crippen LogP contribution is 2.00. The van der Waals surface area contributed by atoms with E-state index in [9.17, 15) is 4.79 Å². The van der Waals surface area contributed by atoms with Gasteiger partial charge in [0.05, 0.1) is 12.8 Å². The molecule has 0 saturated carbocycles. The first-order valence-corrected chi connectivity index (χ1v) is 5.00. The van der Waals surface area contributed by atoms with Crippen LogP contribution in [0.3, 0.4) is 0 Å². The lowest BCUT2D eigenvalue weighted by Crippen LogP contribution is -2.24. The molecule has 0 spiro atoms. The van der Waals surface area contributed by atoms with Gasteiger partial charge in [0.25, 0.3) is 0 Å². The van der Waals surface area contributed by atoms with E-state index in [-0.39, 0.29) is 6.61 Å². The molecule has 0 heterocycles. The molecule has 1 rings (SSSR count). The number of aliphatic hydroxyl groups is 1. The van der Waals surface area contributed by atoms with Crippen molar-refractivity contribution in [1.82, 2.24) is 5.43 Å². The minimum absolute atomic E-state index is 0.0660. The van der Waals surface area contributed by atoms with Crippen LogP contribution in [0.5, 0.6) is 0 Å². The van der Waals surface area contributed by atoms with E-state index in [1.165, 1.54) is 6.21 Å². The normalized spacial score (nSPS) is 9.71. The fraction of sp³-hybridized carbons (Fsp3) is 0.167. The Bertz CT molecular complexity index is 455. The number of carbonyl (C=O) groups is 1. The molecule has 0 aromatic heterocycles. The highest BCUT2D eigenvalue weighted by atomic mass is 16.2. The molecule has 2 amide bonds. The molecule has 1 aromatic carbocycles. The molecule has 5 nitrogen and oxygen atoms in total. The van der Waals surface area contributed by atoms with Crippen molar-refractivity contribution >= 4 is 12.2 Å². The van der Waals surface area contributed by atoms with Gasteiger partial charge in [0.2, 0.25) is 0 Å². The molecule has 0 saturated heterocycles. The van der Waals surface area contributed by atoms with E-state index in [0.29, 0.717) is 6.42 Å². The van der Waals surface area contributed by atoms with E-state index in [2.05, 4.69) is 22.4 Å². The van der Waals surface area contributed by atoms with Crippen LogP contribution in [0.25, 0.3) is 0 Å². The standard InChI is InChI=1S/C12H13N3O2/c13-12(17)15-14-9-11-6-4-10(5-7-11)3-1-2-8-16/h4-7,9,16H,2,8H2,(H3,13,15,17). The average molecular weight is 231 g/mol. The van der Waals surface area contributed by atoms with E-state index < -0.39 is 6.03 Å². The molecule has 0 fully saturated rings. The number of nitrogens with one attached hydrogen (secondary N) is 1. The lowest BCUT2D eigenvalue weighted by atomic mass is 10.1. The van der Waals surface area contributed by atoms with Crippen LogP contribution in [-0.4, -0.2) is 24.0 Å². The molecule has 0 aliphatic rings. The van der Waals surface area contributed by atoms with Gasteiger partial charge in [0, 0.05) is 12.0 Å². The van der Waals surface area contributed by atoms with E-state index in [1.807, 2.05) is 24.3 Å². The molecule has 0 aliphatic carbocycles. The van der Waals surface area contributed by atoms with Crippen LogP contribution in [0.2, 0.25) is 0 Å². The van der Waals surface area contributed by atoms with Gasteiger partial charge in [0.1, 0.15) is 0 Å². The van der Waals surface area contributed by atoms with Gasteiger partial charge < -0.3 is 10.8 Å². The first-order valence-electron chi connectivity index (χ1n) is 5.00. The highest BCUT2D eigenvalue weighted by Gasteiger charge is 1.89.